The SMILES string of the molecule is O=[N+]([O-])c1cc(Cl)nc(NCc2ccc(F)cc2)c1. The third-order valence-corrected chi connectivity index (χ3v) is 2.57. The van der Waals surface area contributed by atoms with Crippen LogP contribution in [0, 0.1) is 15.9 Å². The lowest BCUT2D eigenvalue weighted by Gasteiger charge is -2.06. The molecule has 2 rings (SSSR count). The van der Waals surface area contributed by atoms with E-state index in [4.69, 9.17) is 11.6 Å². The highest BCUT2D eigenvalue weighted by Crippen LogP contribution is 2.20. The summed E-state index contributed by atoms with van der Waals surface area (Å²) in [6, 6.07) is 8.36. The summed E-state index contributed by atoms with van der Waals surface area (Å²) in [6.07, 6.45) is 0. The van der Waals surface area contributed by atoms with Crippen molar-refractivity contribution in [3.8, 4) is 0 Å². The van der Waals surface area contributed by atoms with Gasteiger partial charge in [-0.1, -0.05) is 23.7 Å². The van der Waals surface area contributed by atoms with Gasteiger partial charge in [0.25, 0.3) is 5.69 Å². The third-order valence-electron chi connectivity index (χ3n) is 2.38. The Morgan fingerprint density at radius 1 is 1.32 bits per heavy atom. The number of rotatable bonds is 4. The van der Waals surface area contributed by atoms with Crippen molar-refractivity contribution >= 4 is 23.1 Å². The van der Waals surface area contributed by atoms with Gasteiger partial charge in [-0.25, -0.2) is 9.37 Å². The number of hydrogen-bond donors (Lipinski definition) is 1. The first-order valence-electron chi connectivity index (χ1n) is 5.35. The fraction of sp³-hybridized carbons (Fsp3) is 0.0833. The molecule has 1 N–H and O–H groups in total. The highest BCUT2D eigenvalue weighted by molar-refractivity contribution is 6.29. The van der Waals surface area contributed by atoms with Gasteiger partial charge in [0.05, 0.1) is 17.1 Å². The Bertz CT molecular complexity index is 604. The number of nitrogens with zero attached hydrogens (tertiary/aromatic N) is 2. The number of anilines is 1. The maximum Gasteiger partial charge on any atom is 0.276 e. The molecular weight excluding hydrogens is 273 g/mol. The van der Waals surface area contributed by atoms with Crippen LogP contribution < -0.4 is 5.32 Å². The lowest BCUT2D eigenvalue weighted by molar-refractivity contribution is -0.384. The molecule has 0 spiro atoms. The van der Waals surface area contributed by atoms with Crippen molar-refractivity contribution in [1.82, 2.24) is 4.98 Å². The Morgan fingerprint density at radius 3 is 2.63 bits per heavy atom. The standard InChI is InChI=1S/C12H9ClFN3O2/c13-11-5-10(17(18)19)6-12(16-11)15-7-8-1-3-9(14)4-2-8/h1-6H,7H2,(H,15,16). The van der Waals surface area contributed by atoms with Crippen LogP contribution in [0.5, 0.6) is 0 Å². The number of benzene rings is 1. The van der Waals surface area contributed by atoms with Gasteiger partial charge < -0.3 is 5.32 Å². The van der Waals surface area contributed by atoms with E-state index in [0.29, 0.717) is 12.4 Å². The summed E-state index contributed by atoms with van der Waals surface area (Å²) < 4.78 is 12.7. The third kappa shape index (κ3) is 3.62. The molecule has 0 aliphatic heterocycles. The van der Waals surface area contributed by atoms with Crippen LogP contribution in [0.15, 0.2) is 36.4 Å². The lowest BCUT2D eigenvalue weighted by Crippen LogP contribution is -2.02. The monoisotopic (exact) mass is 281 g/mol. The first-order chi connectivity index (χ1) is 9.04. The summed E-state index contributed by atoms with van der Waals surface area (Å²) in [4.78, 5) is 14.0. The van der Waals surface area contributed by atoms with E-state index in [1.807, 2.05) is 0 Å². The molecule has 0 aliphatic carbocycles. The second kappa shape index (κ2) is 5.62. The van der Waals surface area contributed by atoms with E-state index in [1.165, 1.54) is 24.3 Å². The lowest BCUT2D eigenvalue weighted by atomic mass is 10.2. The van der Waals surface area contributed by atoms with Crippen LogP contribution in [0.2, 0.25) is 5.15 Å². The molecule has 5 nitrogen and oxygen atoms in total. The van der Waals surface area contributed by atoms with Crippen LogP contribution in [0.25, 0.3) is 0 Å². The van der Waals surface area contributed by atoms with E-state index in [9.17, 15) is 14.5 Å². The molecule has 0 atom stereocenters. The first kappa shape index (κ1) is 13.2. The zero-order chi connectivity index (χ0) is 13.8. The van der Waals surface area contributed by atoms with Gasteiger partial charge in [0, 0.05) is 6.54 Å². The molecule has 0 fully saturated rings. The van der Waals surface area contributed by atoms with Gasteiger partial charge in [0.15, 0.2) is 0 Å². The van der Waals surface area contributed by atoms with E-state index in [0.717, 1.165) is 5.56 Å². The average Bonchev–Trinajstić information content (AvgIpc) is 2.37. The van der Waals surface area contributed by atoms with Crippen molar-refractivity contribution in [3.05, 3.63) is 63.0 Å². The number of nitrogens with one attached hydrogen (secondary N) is 1. The molecule has 0 saturated carbocycles. The Labute approximate surface area is 113 Å². The molecular formula is C12H9ClFN3O2. The Kier molecular flexibility index (Phi) is 3.91. The van der Waals surface area contributed by atoms with Crippen LogP contribution >= 0.6 is 11.6 Å². The zero-order valence-corrected chi connectivity index (χ0v) is 10.4. The average molecular weight is 282 g/mol. The minimum Gasteiger partial charge on any atom is -0.366 e. The predicted octanol–water partition coefficient (Wildman–Crippen LogP) is 3.39. The molecule has 1 heterocycles. The maximum absolute atomic E-state index is 12.7. The topological polar surface area (TPSA) is 68.1 Å². The van der Waals surface area contributed by atoms with Crippen LogP contribution in [0.3, 0.4) is 0 Å². The number of hydrogen-bond acceptors (Lipinski definition) is 4. The molecule has 0 radical (unpaired) electrons. The molecule has 1 aromatic carbocycles. The molecule has 2 aromatic rings. The van der Waals surface area contributed by atoms with Crippen molar-refractivity contribution in [1.29, 1.82) is 0 Å². The summed E-state index contributed by atoms with van der Waals surface area (Å²) in [5.74, 6) is -0.0243. The summed E-state index contributed by atoms with van der Waals surface area (Å²) in [5.41, 5.74) is 0.687. The van der Waals surface area contributed by atoms with Crippen molar-refractivity contribution in [3.63, 3.8) is 0 Å². The number of halogens is 2. The van der Waals surface area contributed by atoms with E-state index < -0.39 is 4.92 Å². The van der Waals surface area contributed by atoms with E-state index in [-0.39, 0.29) is 16.7 Å². The molecule has 19 heavy (non-hydrogen) atoms. The van der Waals surface area contributed by atoms with Gasteiger partial charge in [-0.3, -0.25) is 10.1 Å². The second-order valence-corrected chi connectivity index (χ2v) is 4.16. The normalized spacial score (nSPS) is 10.2. The van der Waals surface area contributed by atoms with Gasteiger partial charge in [-0.2, -0.15) is 0 Å². The van der Waals surface area contributed by atoms with Crippen LogP contribution in [-0.2, 0) is 6.54 Å². The van der Waals surface area contributed by atoms with Crippen molar-refractivity contribution < 1.29 is 9.31 Å². The van der Waals surface area contributed by atoms with Crippen molar-refractivity contribution in [2.45, 2.75) is 6.54 Å². The molecule has 98 valence electrons. The van der Waals surface area contributed by atoms with Gasteiger partial charge in [0.1, 0.15) is 16.8 Å². The zero-order valence-electron chi connectivity index (χ0n) is 9.64. The fourth-order valence-electron chi connectivity index (χ4n) is 1.47. The minimum absolute atomic E-state index is 0.0378. The van der Waals surface area contributed by atoms with Crippen molar-refractivity contribution in [2.75, 3.05) is 5.32 Å². The minimum atomic E-state index is -0.545. The Balaban J connectivity index is 2.11. The van der Waals surface area contributed by atoms with Gasteiger partial charge >= 0.3 is 0 Å². The predicted molar refractivity (Wildman–Crippen MR) is 69.6 cm³/mol. The van der Waals surface area contributed by atoms with Crippen LogP contribution in [0.1, 0.15) is 5.56 Å². The van der Waals surface area contributed by atoms with Gasteiger partial charge in [0.2, 0.25) is 0 Å². The fourth-order valence-corrected chi connectivity index (χ4v) is 1.68. The summed E-state index contributed by atoms with van der Waals surface area (Å²) in [6.45, 7) is 0.366. The van der Waals surface area contributed by atoms with Crippen molar-refractivity contribution in [2.24, 2.45) is 0 Å². The first-order valence-corrected chi connectivity index (χ1v) is 5.73. The molecule has 0 amide bonds. The van der Waals surface area contributed by atoms with E-state index in [2.05, 4.69) is 10.3 Å². The van der Waals surface area contributed by atoms with Crippen LogP contribution in [0.4, 0.5) is 15.9 Å². The molecule has 0 saturated heterocycles. The molecule has 0 unspecified atom stereocenters. The number of nitro groups is 1. The highest BCUT2D eigenvalue weighted by atomic mass is 35.5. The van der Waals surface area contributed by atoms with E-state index in [1.54, 1.807) is 12.1 Å². The largest absolute Gasteiger partial charge is 0.366 e. The van der Waals surface area contributed by atoms with Gasteiger partial charge in [-0.05, 0) is 17.7 Å². The highest BCUT2D eigenvalue weighted by Gasteiger charge is 2.09. The second-order valence-electron chi connectivity index (χ2n) is 3.77. The molecule has 7 heteroatoms. The summed E-state index contributed by atoms with van der Waals surface area (Å²) >= 11 is 5.69. The summed E-state index contributed by atoms with van der Waals surface area (Å²) in [5, 5.41) is 13.6. The maximum atomic E-state index is 12.7. The molecule has 0 bridgehead atoms. The Morgan fingerprint density at radius 2 is 2.00 bits per heavy atom. The van der Waals surface area contributed by atoms with Crippen LogP contribution in [-0.4, -0.2) is 9.91 Å². The molecule has 1 aromatic heterocycles. The Hall–Kier alpha value is -2.21. The number of aromatic nitrogens is 1. The van der Waals surface area contributed by atoms with E-state index >= 15 is 0 Å². The number of pyridine rings is 1. The smallest absolute Gasteiger partial charge is 0.276 e. The van der Waals surface area contributed by atoms with Gasteiger partial charge in [-0.15, -0.1) is 0 Å². The quantitative estimate of drug-likeness (QED) is 0.530. The molecule has 0 aliphatic rings. The summed E-state index contributed by atoms with van der Waals surface area (Å²) in [7, 11) is 0.